The van der Waals surface area contributed by atoms with E-state index in [-0.39, 0.29) is 39.8 Å². The molecule has 3 aromatic carbocycles. The van der Waals surface area contributed by atoms with Gasteiger partial charge >= 0.3 is 0 Å². The second-order valence-corrected chi connectivity index (χ2v) is 12.3. The first kappa shape index (κ1) is 32.8. The molecule has 0 aromatic heterocycles. The van der Waals surface area contributed by atoms with Crippen LogP contribution in [0.3, 0.4) is 0 Å². The number of halogens is 1. The minimum absolute atomic E-state index is 0.00723. The molecule has 3 aromatic rings. The van der Waals surface area contributed by atoms with Crippen LogP contribution >= 0.6 is 11.6 Å². The van der Waals surface area contributed by atoms with Crippen LogP contribution in [0.25, 0.3) is 0 Å². The normalized spacial score (nSPS) is 12.6. The summed E-state index contributed by atoms with van der Waals surface area (Å²) in [5.41, 5.74) is 1.71. The standard InChI is InChI=1S/C31H38ClN3O6S/c1-7-22(3)33-31(37)23(4)34(19-24-10-13-26(40-5)14-11-24)30(36)20-35(28-18-25(32)12-17-29(28)41-6)42(38,39)27-15-8-21(2)9-16-27/h8-18,22-23H,7,19-20H2,1-6H3,(H,33,37). The molecular formula is C31H38ClN3O6S. The Bertz CT molecular complexity index is 1480. The molecule has 2 unspecified atom stereocenters. The summed E-state index contributed by atoms with van der Waals surface area (Å²) in [5, 5.41) is 3.18. The second kappa shape index (κ2) is 14.4. The highest BCUT2D eigenvalue weighted by Gasteiger charge is 2.34. The number of nitrogens with zero attached hydrogens (tertiary/aromatic N) is 2. The fraction of sp³-hybridized carbons (Fsp3) is 0.355. The molecule has 0 radical (unpaired) electrons. The molecule has 1 N–H and O–H groups in total. The number of rotatable bonds is 13. The number of carbonyl (C=O) groups is 2. The summed E-state index contributed by atoms with van der Waals surface area (Å²) in [6, 6.07) is 17.0. The van der Waals surface area contributed by atoms with Gasteiger partial charge in [-0.25, -0.2) is 8.42 Å². The fourth-order valence-electron chi connectivity index (χ4n) is 4.18. The van der Waals surface area contributed by atoms with Crippen LogP contribution in [0.4, 0.5) is 5.69 Å². The number of sulfonamides is 1. The van der Waals surface area contributed by atoms with E-state index < -0.39 is 28.5 Å². The molecule has 11 heteroatoms. The molecule has 0 aliphatic carbocycles. The third-order valence-corrected chi connectivity index (χ3v) is 8.99. The lowest BCUT2D eigenvalue weighted by Crippen LogP contribution is -2.52. The van der Waals surface area contributed by atoms with E-state index in [1.807, 2.05) is 20.8 Å². The lowest BCUT2D eigenvalue weighted by atomic mass is 10.1. The van der Waals surface area contributed by atoms with Crippen molar-refractivity contribution in [1.82, 2.24) is 10.2 Å². The maximum atomic E-state index is 14.1. The minimum atomic E-state index is -4.27. The van der Waals surface area contributed by atoms with Gasteiger partial charge in [-0.1, -0.05) is 48.4 Å². The molecule has 0 spiro atoms. The number of ether oxygens (including phenoxy) is 2. The topological polar surface area (TPSA) is 105 Å². The SMILES string of the molecule is CCC(C)NC(=O)C(C)N(Cc1ccc(OC)cc1)C(=O)CN(c1cc(Cl)ccc1OC)S(=O)(=O)c1ccc(C)cc1. The van der Waals surface area contributed by atoms with Crippen LogP contribution in [-0.4, -0.2) is 58.0 Å². The van der Waals surface area contributed by atoms with E-state index in [1.165, 1.54) is 36.3 Å². The number of hydrogen-bond acceptors (Lipinski definition) is 6. The minimum Gasteiger partial charge on any atom is -0.497 e. The maximum Gasteiger partial charge on any atom is 0.264 e. The van der Waals surface area contributed by atoms with Crippen LogP contribution in [0.2, 0.25) is 5.02 Å². The molecule has 42 heavy (non-hydrogen) atoms. The third-order valence-electron chi connectivity index (χ3n) is 6.98. The molecule has 0 fully saturated rings. The Kier molecular flexibility index (Phi) is 11.2. The summed E-state index contributed by atoms with van der Waals surface area (Å²) >= 11 is 6.28. The molecule has 2 amide bonds. The molecule has 0 saturated carbocycles. The lowest BCUT2D eigenvalue weighted by Gasteiger charge is -2.33. The van der Waals surface area contributed by atoms with E-state index >= 15 is 0 Å². The third kappa shape index (κ3) is 7.95. The Morgan fingerprint density at radius 2 is 1.60 bits per heavy atom. The highest BCUT2D eigenvalue weighted by atomic mass is 35.5. The van der Waals surface area contributed by atoms with Gasteiger partial charge in [-0.15, -0.1) is 0 Å². The molecule has 3 rings (SSSR count). The Morgan fingerprint density at radius 1 is 0.952 bits per heavy atom. The quantitative estimate of drug-likeness (QED) is 0.284. The summed E-state index contributed by atoms with van der Waals surface area (Å²) < 4.78 is 39.8. The van der Waals surface area contributed by atoms with Crippen molar-refractivity contribution in [2.45, 2.75) is 57.6 Å². The predicted molar refractivity (Wildman–Crippen MR) is 165 cm³/mol. The molecular weight excluding hydrogens is 578 g/mol. The van der Waals surface area contributed by atoms with Gasteiger partial charge in [-0.3, -0.25) is 13.9 Å². The Labute approximate surface area is 253 Å². The molecule has 9 nitrogen and oxygen atoms in total. The largest absolute Gasteiger partial charge is 0.497 e. The Hall–Kier alpha value is -3.76. The van der Waals surface area contributed by atoms with Gasteiger partial charge in [0, 0.05) is 17.6 Å². The van der Waals surface area contributed by atoms with E-state index in [9.17, 15) is 18.0 Å². The zero-order valence-electron chi connectivity index (χ0n) is 24.8. The van der Waals surface area contributed by atoms with Gasteiger partial charge in [-0.05, 0) is 75.2 Å². The van der Waals surface area contributed by atoms with Gasteiger partial charge < -0.3 is 19.7 Å². The number of hydrogen-bond donors (Lipinski definition) is 1. The van der Waals surface area contributed by atoms with Gasteiger partial charge in [0.05, 0.1) is 24.8 Å². The molecule has 226 valence electrons. The average Bonchev–Trinajstić information content (AvgIpc) is 2.98. The molecule has 0 aliphatic rings. The lowest BCUT2D eigenvalue weighted by molar-refractivity contribution is -0.139. The highest BCUT2D eigenvalue weighted by molar-refractivity contribution is 7.92. The first-order valence-electron chi connectivity index (χ1n) is 13.6. The van der Waals surface area contributed by atoms with Crippen LogP contribution in [0.15, 0.2) is 71.6 Å². The first-order valence-corrected chi connectivity index (χ1v) is 15.4. The number of benzene rings is 3. The summed E-state index contributed by atoms with van der Waals surface area (Å²) in [4.78, 5) is 28.7. The van der Waals surface area contributed by atoms with E-state index in [2.05, 4.69) is 5.32 Å². The van der Waals surface area contributed by atoms with E-state index in [0.717, 1.165) is 15.4 Å². The average molecular weight is 616 g/mol. The van der Waals surface area contributed by atoms with Crippen molar-refractivity contribution in [3.8, 4) is 11.5 Å². The van der Waals surface area contributed by atoms with Gasteiger partial charge in [0.15, 0.2) is 0 Å². The van der Waals surface area contributed by atoms with Crippen molar-refractivity contribution in [3.63, 3.8) is 0 Å². The number of nitrogens with one attached hydrogen (secondary N) is 1. The molecule has 0 aliphatic heterocycles. The van der Waals surface area contributed by atoms with Gasteiger partial charge in [0.2, 0.25) is 11.8 Å². The summed E-state index contributed by atoms with van der Waals surface area (Å²) in [7, 11) is -1.31. The number of aryl methyl sites for hydroxylation is 1. The van der Waals surface area contributed by atoms with Crippen molar-refractivity contribution in [2.75, 3.05) is 25.1 Å². The number of amides is 2. The zero-order chi connectivity index (χ0) is 31.0. The van der Waals surface area contributed by atoms with Crippen molar-refractivity contribution >= 4 is 39.1 Å². The van der Waals surface area contributed by atoms with E-state index in [0.29, 0.717) is 12.2 Å². The van der Waals surface area contributed by atoms with E-state index in [1.54, 1.807) is 56.5 Å². The van der Waals surface area contributed by atoms with Crippen LogP contribution < -0.4 is 19.1 Å². The van der Waals surface area contributed by atoms with Crippen molar-refractivity contribution in [2.24, 2.45) is 0 Å². The zero-order valence-corrected chi connectivity index (χ0v) is 26.3. The predicted octanol–water partition coefficient (Wildman–Crippen LogP) is 5.19. The first-order chi connectivity index (χ1) is 19.9. The van der Waals surface area contributed by atoms with E-state index in [4.69, 9.17) is 21.1 Å². The van der Waals surface area contributed by atoms with Crippen LogP contribution in [0.1, 0.15) is 38.3 Å². The monoisotopic (exact) mass is 615 g/mol. The number of carbonyl (C=O) groups excluding carboxylic acids is 2. The molecule has 2 atom stereocenters. The highest BCUT2D eigenvalue weighted by Crippen LogP contribution is 2.35. The molecule has 0 heterocycles. The molecule has 0 saturated heterocycles. The van der Waals surface area contributed by atoms with Crippen LogP contribution in [0.5, 0.6) is 11.5 Å². The molecule has 0 bridgehead atoms. The fourth-order valence-corrected chi connectivity index (χ4v) is 5.77. The Morgan fingerprint density at radius 3 is 2.17 bits per heavy atom. The number of methoxy groups -OCH3 is 2. The number of anilines is 1. The second-order valence-electron chi connectivity index (χ2n) is 10.0. The van der Waals surface area contributed by atoms with Crippen molar-refractivity contribution in [1.29, 1.82) is 0 Å². The summed E-state index contributed by atoms with van der Waals surface area (Å²) in [5.74, 6) is -0.0791. The van der Waals surface area contributed by atoms with Gasteiger partial charge in [0.1, 0.15) is 24.1 Å². The van der Waals surface area contributed by atoms with Crippen LogP contribution in [-0.2, 0) is 26.2 Å². The van der Waals surface area contributed by atoms with Crippen molar-refractivity contribution in [3.05, 3.63) is 82.9 Å². The maximum absolute atomic E-state index is 14.1. The van der Waals surface area contributed by atoms with Gasteiger partial charge in [0.25, 0.3) is 10.0 Å². The summed E-state index contributed by atoms with van der Waals surface area (Å²) in [6.45, 7) is 6.75. The summed E-state index contributed by atoms with van der Waals surface area (Å²) in [6.07, 6.45) is 0.710. The Balaban J connectivity index is 2.09. The van der Waals surface area contributed by atoms with Gasteiger partial charge in [-0.2, -0.15) is 0 Å². The smallest absolute Gasteiger partial charge is 0.264 e. The van der Waals surface area contributed by atoms with Crippen LogP contribution in [0, 0.1) is 6.92 Å². The van der Waals surface area contributed by atoms with Crippen molar-refractivity contribution < 1.29 is 27.5 Å².